The average Bonchev–Trinajstić information content (AvgIpc) is 2.83. The number of hydrogen-bond acceptors (Lipinski definition) is 5. The number of halogens is 1. The van der Waals surface area contributed by atoms with Gasteiger partial charge in [-0.25, -0.2) is 9.97 Å². The molecule has 0 aromatic carbocycles. The van der Waals surface area contributed by atoms with Crippen LogP contribution in [0.1, 0.15) is 17.0 Å². The molecule has 98 valence electrons. The molecule has 0 aliphatic carbocycles. The SMILES string of the molecule is Cc1noc(C)c1Cn1c(N)nc2cc(Cl)cnc21. The van der Waals surface area contributed by atoms with Crippen LogP contribution in [0, 0.1) is 13.8 Å². The third-order valence-corrected chi connectivity index (χ3v) is 3.29. The Morgan fingerprint density at radius 2 is 2.21 bits per heavy atom. The van der Waals surface area contributed by atoms with E-state index in [1.165, 1.54) is 0 Å². The molecule has 3 aromatic rings. The lowest BCUT2D eigenvalue weighted by molar-refractivity contribution is 0.392. The fraction of sp³-hybridized carbons (Fsp3) is 0.250. The summed E-state index contributed by atoms with van der Waals surface area (Å²) in [6.07, 6.45) is 1.58. The molecule has 3 heterocycles. The summed E-state index contributed by atoms with van der Waals surface area (Å²) in [5.41, 5.74) is 9.14. The third kappa shape index (κ3) is 1.94. The molecule has 0 fully saturated rings. The van der Waals surface area contributed by atoms with Crippen molar-refractivity contribution in [3.63, 3.8) is 0 Å². The lowest BCUT2D eigenvalue weighted by atomic mass is 10.2. The van der Waals surface area contributed by atoms with Gasteiger partial charge in [-0.05, 0) is 19.9 Å². The van der Waals surface area contributed by atoms with Gasteiger partial charge in [0.1, 0.15) is 11.3 Å². The fourth-order valence-electron chi connectivity index (χ4n) is 2.05. The van der Waals surface area contributed by atoms with Crippen LogP contribution < -0.4 is 5.73 Å². The van der Waals surface area contributed by atoms with E-state index in [9.17, 15) is 0 Å². The largest absolute Gasteiger partial charge is 0.369 e. The van der Waals surface area contributed by atoms with Crippen LogP contribution in [-0.4, -0.2) is 19.7 Å². The number of aromatic nitrogens is 4. The molecule has 0 aliphatic heterocycles. The first-order valence-electron chi connectivity index (χ1n) is 5.75. The monoisotopic (exact) mass is 277 g/mol. The zero-order valence-electron chi connectivity index (χ0n) is 10.5. The molecule has 0 atom stereocenters. The molecule has 0 saturated heterocycles. The maximum absolute atomic E-state index is 5.94. The van der Waals surface area contributed by atoms with Gasteiger partial charge in [0, 0.05) is 11.8 Å². The highest BCUT2D eigenvalue weighted by Crippen LogP contribution is 2.22. The number of pyridine rings is 1. The van der Waals surface area contributed by atoms with E-state index in [1.807, 2.05) is 18.4 Å². The maximum atomic E-state index is 5.94. The number of anilines is 1. The van der Waals surface area contributed by atoms with Crippen molar-refractivity contribution in [2.75, 3.05) is 5.73 Å². The van der Waals surface area contributed by atoms with Gasteiger partial charge in [0.05, 0.1) is 17.3 Å². The quantitative estimate of drug-likeness (QED) is 0.777. The highest BCUT2D eigenvalue weighted by Gasteiger charge is 2.15. The van der Waals surface area contributed by atoms with Gasteiger partial charge in [0.2, 0.25) is 5.95 Å². The van der Waals surface area contributed by atoms with Crippen molar-refractivity contribution in [3.05, 3.63) is 34.3 Å². The summed E-state index contributed by atoms with van der Waals surface area (Å²) in [6.45, 7) is 4.29. The van der Waals surface area contributed by atoms with E-state index in [4.69, 9.17) is 21.9 Å². The van der Waals surface area contributed by atoms with Crippen molar-refractivity contribution < 1.29 is 4.52 Å². The highest BCUT2D eigenvalue weighted by atomic mass is 35.5. The molecular weight excluding hydrogens is 266 g/mol. The summed E-state index contributed by atoms with van der Waals surface area (Å²) in [4.78, 5) is 8.54. The van der Waals surface area contributed by atoms with E-state index in [-0.39, 0.29) is 0 Å². The van der Waals surface area contributed by atoms with Gasteiger partial charge >= 0.3 is 0 Å². The Morgan fingerprint density at radius 1 is 1.42 bits per heavy atom. The first-order chi connectivity index (χ1) is 9.06. The van der Waals surface area contributed by atoms with Crippen molar-refractivity contribution >= 4 is 28.7 Å². The van der Waals surface area contributed by atoms with Crippen LogP contribution >= 0.6 is 11.6 Å². The summed E-state index contributed by atoms with van der Waals surface area (Å²) in [5.74, 6) is 1.16. The number of rotatable bonds is 2. The van der Waals surface area contributed by atoms with E-state index >= 15 is 0 Å². The lowest BCUT2D eigenvalue weighted by Crippen LogP contribution is -2.06. The normalized spacial score (nSPS) is 11.3. The van der Waals surface area contributed by atoms with Gasteiger partial charge < -0.3 is 10.3 Å². The molecular formula is C12H12ClN5O. The van der Waals surface area contributed by atoms with Crippen LogP contribution in [0.4, 0.5) is 5.95 Å². The molecule has 0 unspecified atom stereocenters. The summed E-state index contributed by atoms with van der Waals surface area (Å²) in [6, 6.07) is 1.74. The first-order valence-corrected chi connectivity index (χ1v) is 6.13. The van der Waals surface area contributed by atoms with Crippen LogP contribution in [-0.2, 0) is 6.54 Å². The second kappa shape index (κ2) is 4.24. The molecule has 0 spiro atoms. The van der Waals surface area contributed by atoms with Crippen molar-refractivity contribution in [1.29, 1.82) is 0 Å². The summed E-state index contributed by atoms with van der Waals surface area (Å²) in [7, 11) is 0. The second-order valence-corrected chi connectivity index (χ2v) is 4.79. The maximum Gasteiger partial charge on any atom is 0.202 e. The molecule has 0 amide bonds. The van der Waals surface area contributed by atoms with E-state index < -0.39 is 0 Å². The summed E-state index contributed by atoms with van der Waals surface area (Å²) >= 11 is 5.90. The molecule has 2 N–H and O–H groups in total. The first kappa shape index (κ1) is 12.0. The summed E-state index contributed by atoms with van der Waals surface area (Å²) in [5, 5.41) is 4.47. The Labute approximate surface area is 114 Å². The Bertz CT molecular complexity index is 741. The standard InChI is InChI=1S/C12H12ClN5O/c1-6-9(7(2)19-17-6)5-18-11-10(16-12(18)14)3-8(13)4-15-11/h3-4H,5H2,1-2H3,(H2,14,16). The van der Waals surface area contributed by atoms with Crippen molar-refractivity contribution in [1.82, 2.24) is 19.7 Å². The number of hydrogen-bond donors (Lipinski definition) is 1. The van der Waals surface area contributed by atoms with Gasteiger partial charge in [-0.2, -0.15) is 0 Å². The Hall–Kier alpha value is -2.08. The summed E-state index contributed by atoms with van der Waals surface area (Å²) < 4.78 is 6.97. The predicted octanol–water partition coefficient (Wildman–Crippen LogP) is 2.32. The van der Waals surface area contributed by atoms with Gasteiger partial charge in [-0.3, -0.25) is 4.57 Å². The number of nitrogen functional groups attached to an aromatic ring is 1. The van der Waals surface area contributed by atoms with Gasteiger partial charge in [-0.1, -0.05) is 16.8 Å². The minimum Gasteiger partial charge on any atom is -0.369 e. The van der Waals surface area contributed by atoms with Crippen LogP contribution in [0.5, 0.6) is 0 Å². The second-order valence-electron chi connectivity index (χ2n) is 4.36. The predicted molar refractivity (Wildman–Crippen MR) is 72.0 cm³/mol. The Balaban J connectivity index is 2.13. The van der Waals surface area contributed by atoms with Crippen LogP contribution in [0.3, 0.4) is 0 Å². The molecule has 0 radical (unpaired) electrons. The van der Waals surface area contributed by atoms with Crippen LogP contribution in [0.2, 0.25) is 5.02 Å². The van der Waals surface area contributed by atoms with Crippen molar-refractivity contribution in [2.45, 2.75) is 20.4 Å². The number of aryl methyl sites for hydroxylation is 2. The van der Waals surface area contributed by atoms with E-state index in [2.05, 4.69) is 15.1 Å². The molecule has 3 aromatic heterocycles. The third-order valence-electron chi connectivity index (χ3n) is 3.08. The van der Waals surface area contributed by atoms with E-state index in [1.54, 1.807) is 12.3 Å². The molecule has 6 nitrogen and oxygen atoms in total. The molecule has 3 rings (SSSR count). The van der Waals surface area contributed by atoms with Gasteiger partial charge in [0.25, 0.3) is 0 Å². The molecule has 0 saturated carbocycles. The number of nitrogens with zero attached hydrogens (tertiary/aromatic N) is 4. The molecule has 19 heavy (non-hydrogen) atoms. The highest BCUT2D eigenvalue weighted by molar-refractivity contribution is 6.31. The zero-order valence-corrected chi connectivity index (χ0v) is 11.3. The van der Waals surface area contributed by atoms with Crippen LogP contribution in [0.25, 0.3) is 11.2 Å². The average molecular weight is 278 g/mol. The Morgan fingerprint density at radius 3 is 2.89 bits per heavy atom. The van der Waals surface area contributed by atoms with Crippen molar-refractivity contribution in [3.8, 4) is 0 Å². The van der Waals surface area contributed by atoms with E-state index in [0.29, 0.717) is 28.7 Å². The van der Waals surface area contributed by atoms with Gasteiger partial charge in [-0.15, -0.1) is 0 Å². The molecule has 0 bridgehead atoms. The topological polar surface area (TPSA) is 82.8 Å². The minimum atomic E-state index is 0.393. The molecule has 0 aliphatic rings. The number of fused-ring (bicyclic) bond motifs is 1. The van der Waals surface area contributed by atoms with Crippen LogP contribution in [0.15, 0.2) is 16.8 Å². The van der Waals surface area contributed by atoms with E-state index in [0.717, 1.165) is 17.0 Å². The van der Waals surface area contributed by atoms with Gasteiger partial charge in [0.15, 0.2) is 5.65 Å². The zero-order chi connectivity index (χ0) is 13.6. The number of nitrogens with two attached hydrogens (primary N) is 1. The van der Waals surface area contributed by atoms with Crippen molar-refractivity contribution in [2.24, 2.45) is 0 Å². The lowest BCUT2D eigenvalue weighted by Gasteiger charge is -2.05. The smallest absolute Gasteiger partial charge is 0.202 e. The fourth-order valence-corrected chi connectivity index (χ4v) is 2.20. The Kier molecular flexibility index (Phi) is 2.67. The molecule has 7 heteroatoms. The number of imidazole rings is 1. The minimum absolute atomic E-state index is 0.393.